The molecule has 56 heavy (non-hydrogen) atoms. The van der Waals surface area contributed by atoms with Crippen molar-refractivity contribution in [2.24, 2.45) is 0 Å². The fourth-order valence-corrected chi connectivity index (χ4v) is 8.65. The molecular weight excluding hydrogens is 703 g/mol. The Labute approximate surface area is 334 Å². The van der Waals surface area contributed by atoms with Crippen LogP contribution in [0.3, 0.4) is 0 Å². The maximum atomic E-state index is 8.34. The summed E-state index contributed by atoms with van der Waals surface area (Å²) in [4.78, 5) is 15.2. The largest absolute Gasteiger partial charge is 0.456 e. The molecule has 0 radical (unpaired) electrons. The van der Waals surface area contributed by atoms with Gasteiger partial charge in [-0.1, -0.05) is 145 Å². The molecule has 0 atom stereocenters. The van der Waals surface area contributed by atoms with E-state index < -0.39 is 6.04 Å². The van der Waals surface area contributed by atoms with Crippen LogP contribution in [0, 0.1) is 0 Å². The summed E-state index contributed by atoms with van der Waals surface area (Å²) in [7, 11) is 0. The minimum absolute atomic E-state index is 0.193. The molecule has 5 heteroatoms. The molecule has 3 aromatic heterocycles. The van der Waals surface area contributed by atoms with E-state index in [2.05, 4.69) is 91.0 Å². The highest BCUT2D eigenvalue weighted by Gasteiger charge is 2.18. The molecular formula is C51H31N3OS. The van der Waals surface area contributed by atoms with Gasteiger partial charge in [0.25, 0.3) is 0 Å². The van der Waals surface area contributed by atoms with Gasteiger partial charge in [0.1, 0.15) is 11.2 Å². The first-order valence-electron chi connectivity index (χ1n) is 20.8. The van der Waals surface area contributed by atoms with Crippen LogP contribution in [0.5, 0.6) is 0 Å². The van der Waals surface area contributed by atoms with Crippen LogP contribution >= 0.6 is 11.3 Å². The second kappa shape index (κ2) is 13.3. The van der Waals surface area contributed by atoms with Crippen LogP contribution in [0.15, 0.2) is 192 Å². The highest BCUT2D eigenvalue weighted by molar-refractivity contribution is 7.26. The van der Waals surface area contributed by atoms with Crippen molar-refractivity contribution < 1.29 is 11.3 Å². The fraction of sp³-hybridized carbons (Fsp3) is 0. The van der Waals surface area contributed by atoms with Gasteiger partial charge >= 0.3 is 0 Å². The lowest BCUT2D eigenvalue weighted by Crippen LogP contribution is -2.00. The third-order valence-electron chi connectivity index (χ3n) is 10.3. The second-order valence-corrected chi connectivity index (χ2v) is 14.7. The van der Waals surface area contributed by atoms with Gasteiger partial charge in [-0.25, -0.2) is 15.0 Å². The van der Waals surface area contributed by atoms with Crippen LogP contribution < -0.4 is 0 Å². The third-order valence-corrected chi connectivity index (χ3v) is 11.5. The van der Waals surface area contributed by atoms with Gasteiger partial charge < -0.3 is 4.42 Å². The van der Waals surface area contributed by atoms with Gasteiger partial charge in [0.15, 0.2) is 17.5 Å². The Hall–Kier alpha value is -7.21. The summed E-state index contributed by atoms with van der Waals surface area (Å²) in [6.07, 6.45) is 0. The standard InChI is InChI=1S/C51H31N3OS/c1-3-10-32(11-4-1)33-18-20-34(21-19-33)35-22-24-36(25-23-35)38-26-28-40-44-30-39(27-29-45(44)55-46(40)31-38)50-52-49(37-12-5-2-6-13-37)53-51(54-50)43-16-9-15-42-41-14-7-8-17-47(41)56-48(42)43/h1-31H/i1D,3D,4D,10D,11D. The molecule has 11 aromatic rings. The van der Waals surface area contributed by atoms with Crippen LogP contribution in [-0.2, 0) is 0 Å². The van der Waals surface area contributed by atoms with Crippen LogP contribution in [0.1, 0.15) is 6.85 Å². The molecule has 0 unspecified atom stereocenters. The van der Waals surface area contributed by atoms with E-state index in [4.69, 9.17) is 26.2 Å². The van der Waals surface area contributed by atoms with E-state index in [1.54, 1.807) is 23.5 Å². The zero-order valence-electron chi connectivity index (χ0n) is 34.7. The number of nitrogens with zero attached hydrogens (tertiary/aromatic N) is 3. The first-order valence-corrected chi connectivity index (χ1v) is 19.1. The zero-order valence-corrected chi connectivity index (χ0v) is 30.5. The van der Waals surface area contributed by atoms with E-state index in [-0.39, 0.29) is 29.7 Å². The van der Waals surface area contributed by atoms with Crippen molar-refractivity contribution in [3.8, 4) is 67.5 Å². The van der Waals surface area contributed by atoms with E-state index in [0.717, 1.165) is 65.6 Å². The molecule has 0 fully saturated rings. The molecule has 0 saturated heterocycles. The molecule has 0 amide bonds. The van der Waals surface area contributed by atoms with E-state index in [1.807, 2.05) is 54.6 Å². The molecule has 0 spiro atoms. The number of rotatable bonds is 6. The Balaban J connectivity index is 0.925. The molecule has 0 aliphatic carbocycles. The summed E-state index contributed by atoms with van der Waals surface area (Å²) in [5.41, 5.74) is 9.04. The molecule has 262 valence electrons. The van der Waals surface area contributed by atoms with Crippen LogP contribution in [0.2, 0.25) is 0 Å². The topological polar surface area (TPSA) is 51.8 Å². The fourth-order valence-electron chi connectivity index (χ4n) is 7.44. The number of thiophene rings is 1. The molecule has 0 N–H and O–H groups in total. The van der Waals surface area contributed by atoms with Crippen LogP contribution in [0.4, 0.5) is 0 Å². The van der Waals surface area contributed by atoms with E-state index in [0.29, 0.717) is 23.0 Å². The summed E-state index contributed by atoms with van der Waals surface area (Å²) in [6.45, 7) is 0. The minimum atomic E-state index is -0.398. The Morgan fingerprint density at radius 3 is 1.77 bits per heavy atom. The normalized spacial score (nSPS) is 12.8. The Bertz CT molecular complexity index is 3500. The quantitative estimate of drug-likeness (QED) is 0.170. The summed E-state index contributed by atoms with van der Waals surface area (Å²) >= 11 is 1.75. The number of furan rings is 1. The Morgan fingerprint density at radius 2 is 1.00 bits per heavy atom. The van der Waals surface area contributed by atoms with Gasteiger partial charge in [-0.05, 0) is 75.8 Å². The molecule has 0 aliphatic heterocycles. The van der Waals surface area contributed by atoms with Crippen molar-refractivity contribution in [1.29, 1.82) is 0 Å². The van der Waals surface area contributed by atoms with E-state index >= 15 is 0 Å². The second-order valence-electron chi connectivity index (χ2n) is 13.6. The Morgan fingerprint density at radius 1 is 0.393 bits per heavy atom. The van der Waals surface area contributed by atoms with Crippen molar-refractivity contribution in [3.05, 3.63) is 188 Å². The lowest BCUT2D eigenvalue weighted by atomic mass is 9.97. The van der Waals surface area contributed by atoms with E-state index in [1.165, 1.54) is 15.5 Å². The number of aromatic nitrogens is 3. The number of hydrogen-bond acceptors (Lipinski definition) is 5. The predicted molar refractivity (Wildman–Crippen MR) is 233 cm³/mol. The highest BCUT2D eigenvalue weighted by Crippen LogP contribution is 2.40. The van der Waals surface area contributed by atoms with Crippen molar-refractivity contribution in [2.75, 3.05) is 0 Å². The van der Waals surface area contributed by atoms with Crippen molar-refractivity contribution >= 4 is 53.4 Å². The highest BCUT2D eigenvalue weighted by atomic mass is 32.1. The van der Waals surface area contributed by atoms with Gasteiger partial charge in [0.2, 0.25) is 0 Å². The van der Waals surface area contributed by atoms with Gasteiger partial charge in [0, 0.05) is 47.6 Å². The average Bonchev–Trinajstić information content (AvgIpc) is 3.88. The Kier molecular flexibility index (Phi) is 6.49. The molecule has 11 rings (SSSR count). The van der Waals surface area contributed by atoms with Crippen molar-refractivity contribution in [1.82, 2.24) is 15.0 Å². The van der Waals surface area contributed by atoms with E-state index in [9.17, 15) is 0 Å². The van der Waals surface area contributed by atoms with Gasteiger partial charge in [-0.15, -0.1) is 11.3 Å². The SMILES string of the molecule is [2H]c1c([2H])c([2H])c(-c2ccc(-c3ccc(-c4ccc5c(c4)oc4ccc(-c6nc(-c7ccccc7)nc(-c7cccc8c7sc7ccccc78)n6)cc45)cc3)cc2)c([2H])c1[2H]. The first-order chi connectivity index (χ1) is 29.8. The van der Waals surface area contributed by atoms with Gasteiger partial charge in [-0.2, -0.15) is 0 Å². The zero-order chi connectivity index (χ0) is 41.4. The average molecular weight is 739 g/mol. The van der Waals surface area contributed by atoms with Crippen LogP contribution in [-0.4, -0.2) is 15.0 Å². The molecule has 0 bridgehead atoms. The van der Waals surface area contributed by atoms with Gasteiger partial charge in [-0.3, -0.25) is 0 Å². The molecule has 0 aliphatic rings. The summed E-state index contributed by atoms with van der Waals surface area (Å²) in [5.74, 6) is 1.81. The smallest absolute Gasteiger partial charge is 0.165 e. The monoisotopic (exact) mass is 738 g/mol. The maximum Gasteiger partial charge on any atom is 0.165 e. The van der Waals surface area contributed by atoms with Crippen LogP contribution in [0.25, 0.3) is 110 Å². The molecule has 3 heterocycles. The predicted octanol–water partition coefficient (Wildman–Crippen LogP) is 14.1. The lowest BCUT2D eigenvalue weighted by Gasteiger charge is -2.09. The van der Waals surface area contributed by atoms with Gasteiger partial charge in [0.05, 0.1) is 6.85 Å². The van der Waals surface area contributed by atoms with Crippen molar-refractivity contribution in [2.45, 2.75) is 0 Å². The summed E-state index contributed by atoms with van der Waals surface area (Å²) < 4.78 is 49.5. The molecule has 0 saturated carbocycles. The first kappa shape index (κ1) is 27.4. The van der Waals surface area contributed by atoms with Crippen molar-refractivity contribution in [3.63, 3.8) is 0 Å². The molecule has 4 nitrogen and oxygen atoms in total. The minimum Gasteiger partial charge on any atom is -0.456 e. The lowest BCUT2D eigenvalue weighted by molar-refractivity contribution is 0.669. The number of benzene rings is 8. The summed E-state index contributed by atoms with van der Waals surface area (Å²) in [6, 6.07) is 51.4. The maximum absolute atomic E-state index is 8.34. The number of hydrogen-bond donors (Lipinski definition) is 0. The number of fused-ring (bicyclic) bond motifs is 6. The summed E-state index contributed by atoms with van der Waals surface area (Å²) in [5, 5.41) is 4.37. The molecule has 8 aromatic carbocycles. The third kappa shape index (κ3) is 5.65.